The molecular weight excluding hydrogens is 338 g/mol. The molecule has 0 atom stereocenters. The number of nitrogens with two attached hydrogens (primary N) is 1. The fourth-order valence-corrected chi connectivity index (χ4v) is 2.73. The van der Waals surface area contributed by atoms with Crippen molar-refractivity contribution >= 4 is 17.9 Å². The Morgan fingerprint density at radius 1 is 1.28 bits per heavy atom. The number of carbonyl (C=O) groups excluding carboxylic acids is 1. The molecule has 1 heterocycles. The average molecular weight is 358 g/mol. The SMILES string of the molecule is CN.Cc1c(Cc2ccc(-n3ccnc3)cc2)cc(C=O)c(O)c1Cl. The van der Waals surface area contributed by atoms with Gasteiger partial charge in [0.1, 0.15) is 5.75 Å². The molecule has 0 saturated carbocycles. The van der Waals surface area contributed by atoms with Gasteiger partial charge in [0, 0.05) is 18.1 Å². The van der Waals surface area contributed by atoms with Crippen LogP contribution in [0.1, 0.15) is 27.0 Å². The second-order valence-electron chi connectivity index (χ2n) is 5.34. The number of nitrogens with zero attached hydrogens (tertiary/aromatic N) is 2. The van der Waals surface area contributed by atoms with Gasteiger partial charge in [0.05, 0.1) is 16.9 Å². The van der Waals surface area contributed by atoms with Gasteiger partial charge in [0.15, 0.2) is 6.29 Å². The highest BCUT2D eigenvalue weighted by molar-refractivity contribution is 6.33. The predicted molar refractivity (Wildman–Crippen MR) is 99.7 cm³/mol. The lowest BCUT2D eigenvalue weighted by atomic mass is 9.97. The number of rotatable bonds is 4. The van der Waals surface area contributed by atoms with Crippen LogP contribution in [0.2, 0.25) is 5.02 Å². The highest BCUT2D eigenvalue weighted by Crippen LogP contribution is 2.33. The van der Waals surface area contributed by atoms with Crippen LogP contribution in [0.3, 0.4) is 0 Å². The van der Waals surface area contributed by atoms with Gasteiger partial charge in [-0.1, -0.05) is 23.7 Å². The summed E-state index contributed by atoms with van der Waals surface area (Å²) in [7, 11) is 1.50. The Morgan fingerprint density at radius 3 is 2.52 bits per heavy atom. The zero-order valence-electron chi connectivity index (χ0n) is 14.1. The summed E-state index contributed by atoms with van der Waals surface area (Å²) in [6.07, 6.45) is 6.62. The lowest BCUT2D eigenvalue weighted by Crippen LogP contribution is -1.97. The molecule has 5 nitrogen and oxygen atoms in total. The highest BCUT2D eigenvalue weighted by atomic mass is 35.5. The molecule has 2 aromatic carbocycles. The van der Waals surface area contributed by atoms with Crippen LogP contribution in [-0.4, -0.2) is 28.0 Å². The first-order chi connectivity index (χ1) is 12.1. The molecule has 6 heteroatoms. The Hall–Kier alpha value is -2.63. The third-order valence-electron chi connectivity index (χ3n) is 3.88. The minimum absolute atomic E-state index is 0.154. The van der Waals surface area contributed by atoms with Crippen molar-refractivity contribution in [3.63, 3.8) is 0 Å². The zero-order chi connectivity index (χ0) is 18.4. The van der Waals surface area contributed by atoms with E-state index < -0.39 is 0 Å². The molecule has 1 aromatic heterocycles. The van der Waals surface area contributed by atoms with Crippen LogP contribution in [0.5, 0.6) is 5.75 Å². The molecule has 130 valence electrons. The number of imidazole rings is 1. The lowest BCUT2D eigenvalue weighted by molar-refractivity contribution is 0.112. The maximum Gasteiger partial charge on any atom is 0.153 e. The van der Waals surface area contributed by atoms with E-state index in [0.29, 0.717) is 12.7 Å². The molecule has 25 heavy (non-hydrogen) atoms. The van der Waals surface area contributed by atoms with Crippen LogP contribution in [0.4, 0.5) is 0 Å². The van der Waals surface area contributed by atoms with Gasteiger partial charge in [-0.2, -0.15) is 0 Å². The molecular formula is C19H20ClN3O2. The van der Waals surface area contributed by atoms with Gasteiger partial charge in [0.25, 0.3) is 0 Å². The molecule has 0 spiro atoms. The largest absolute Gasteiger partial charge is 0.506 e. The maximum atomic E-state index is 11.0. The van der Waals surface area contributed by atoms with Gasteiger partial charge in [-0.25, -0.2) is 4.98 Å². The van der Waals surface area contributed by atoms with Gasteiger partial charge >= 0.3 is 0 Å². The first-order valence-corrected chi connectivity index (χ1v) is 8.09. The van der Waals surface area contributed by atoms with Gasteiger partial charge in [-0.05, 0) is 55.3 Å². The number of aromatic hydroxyl groups is 1. The van der Waals surface area contributed by atoms with Crippen molar-refractivity contribution in [2.45, 2.75) is 13.3 Å². The quantitative estimate of drug-likeness (QED) is 0.700. The summed E-state index contributed by atoms with van der Waals surface area (Å²) in [5.41, 5.74) is 8.54. The Bertz CT molecular complexity index is 844. The minimum Gasteiger partial charge on any atom is -0.506 e. The summed E-state index contributed by atoms with van der Waals surface area (Å²) in [5.74, 6) is -0.154. The average Bonchev–Trinajstić information content (AvgIpc) is 3.19. The fourth-order valence-electron chi connectivity index (χ4n) is 2.50. The molecule has 0 amide bonds. The number of aromatic nitrogens is 2. The number of benzene rings is 2. The van der Waals surface area contributed by atoms with E-state index in [-0.39, 0.29) is 16.3 Å². The van der Waals surface area contributed by atoms with Gasteiger partial charge < -0.3 is 15.4 Å². The smallest absolute Gasteiger partial charge is 0.153 e. The monoisotopic (exact) mass is 357 g/mol. The molecule has 0 saturated heterocycles. The summed E-state index contributed by atoms with van der Waals surface area (Å²) in [6.45, 7) is 1.84. The van der Waals surface area contributed by atoms with E-state index in [9.17, 15) is 9.90 Å². The summed E-state index contributed by atoms with van der Waals surface area (Å²) >= 11 is 6.11. The molecule has 0 bridgehead atoms. The third-order valence-corrected chi connectivity index (χ3v) is 4.34. The highest BCUT2D eigenvalue weighted by Gasteiger charge is 2.13. The van der Waals surface area contributed by atoms with Gasteiger partial charge in [-0.15, -0.1) is 0 Å². The Kier molecular flexibility index (Phi) is 6.33. The first-order valence-electron chi connectivity index (χ1n) is 7.71. The molecule has 3 rings (SSSR count). The van der Waals surface area contributed by atoms with Crippen LogP contribution >= 0.6 is 11.6 Å². The number of carbonyl (C=O) groups is 1. The number of phenols is 1. The van der Waals surface area contributed by atoms with Crippen LogP contribution in [-0.2, 0) is 6.42 Å². The second-order valence-corrected chi connectivity index (χ2v) is 5.72. The van der Waals surface area contributed by atoms with E-state index in [0.717, 1.165) is 22.4 Å². The van der Waals surface area contributed by atoms with Crippen LogP contribution < -0.4 is 5.73 Å². The van der Waals surface area contributed by atoms with Crippen molar-refractivity contribution in [2.75, 3.05) is 7.05 Å². The van der Waals surface area contributed by atoms with Crippen molar-refractivity contribution in [2.24, 2.45) is 5.73 Å². The lowest BCUT2D eigenvalue weighted by Gasteiger charge is -2.12. The summed E-state index contributed by atoms with van der Waals surface area (Å²) < 4.78 is 1.93. The zero-order valence-corrected chi connectivity index (χ0v) is 14.9. The summed E-state index contributed by atoms with van der Waals surface area (Å²) in [4.78, 5) is 15.1. The Morgan fingerprint density at radius 2 is 1.96 bits per heavy atom. The Labute approximate surface area is 151 Å². The fraction of sp³-hybridized carbons (Fsp3) is 0.158. The van der Waals surface area contributed by atoms with E-state index in [4.69, 9.17) is 11.6 Å². The molecule has 0 radical (unpaired) electrons. The van der Waals surface area contributed by atoms with E-state index >= 15 is 0 Å². The maximum absolute atomic E-state index is 11.0. The van der Waals surface area contributed by atoms with Crippen molar-refractivity contribution in [1.29, 1.82) is 0 Å². The Balaban J connectivity index is 0.00000109. The number of phenolic OH excluding ortho intramolecular Hbond substituents is 1. The van der Waals surface area contributed by atoms with Gasteiger partial charge in [0.2, 0.25) is 0 Å². The second kappa shape index (κ2) is 8.46. The van der Waals surface area contributed by atoms with Crippen LogP contribution in [0, 0.1) is 6.92 Å². The van der Waals surface area contributed by atoms with Crippen molar-refractivity contribution in [1.82, 2.24) is 9.55 Å². The van der Waals surface area contributed by atoms with Crippen molar-refractivity contribution in [3.8, 4) is 11.4 Å². The summed E-state index contributed by atoms with van der Waals surface area (Å²) in [5, 5.41) is 10.1. The number of halogens is 1. The number of hydrogen-bond donors (Lipinski definition) is 2. The topological polar surface area (TPSA) is 81.1 Å². The first kappa shape index (κ1) is 18.7. The molecule has 0 aliphatic rings. The van der Waals surface area contributed by atoms with Crippen molar-refractivity contribution in [3.05, 3.63) is 76.3 Å². The molecule has 0 aliphatic carbocycles. The number of hydrogen-bond acceptors (Lipinski definition) is 4. The van der Waals surface area contributed by atoms with E-state index in [2.05, 4.69) is 10.7 Å². The van der Waals surface area contributed by atoms with Crippen molar-refractivity contribution < 1.29 is 9.90 Å². The van der Waals surface area contributed by atoms with Crippen LogP contribution in [0.15, 0.2) is 49.1 Å². The van der Waals surface area contributed by atoms with Gasteiger partial charge in [-0.3, -0.25) is 4.79 Å². The normalized spacial score (nSPS) is 10.1. The van der Waals surface area contributed by atoms with Crippen LogP contribution in [0.25, 0.3) is 5.69 Å². The molecule has 0 aliphatic heterocycles. The summed E-state index contributed by atoms with van der Waals surface area (Å²) in [6, 6.07) is 9.75. The third kappa shape index (κ3) is 4.07. The standard InChI is InChI=1S/C18H15ClN2O2.CH5N/c1-12-14(9-15(10-22)18(23)17(12)19)8-13-2-4-16(5-3-13)21-7-6-20-11-21;1-2/h2-7,9-11,23H,8H2,1H3;2H2,1H3. The minimum atomic E-state index is -0.154. The van der Waals surface area contributed by atoms with E-state index in [1.165, 1.54) is 7.05 Å². The molecule has 3 aromatic rings. The molecule has 0 fully saturated rings. The molecule has 3 N–H and O–H groups in total. The molecule has 0 unspecified atom stereocenters. The van der Waals surface area contributed by atoms with E-state index in [1.807, 2.05) is 42.0 Å². The number of aldehydes is 1. The van der Waals surface area contributed by atoms with E-state index in [1.54, 1.807) is 18.6 Å². The predicted octanol–water partition coefficient (Wildman–Crippen LogP) is 3.52.